The number of amides is 2. The molecule has 1 saturated heterocycles. The van der Waals surface area contributed by atoms with E-state index in [4.69, 9.17) is 23.2 Å². The van der Waals surface area contributed by atoms with Crippen LogP contribution in [0.25, 0.3) is 11.1 Å². The Hall–Kier alpha value is -2.35. The summed E-state index contributed by atoms with van der Waals surface area (Å²) in [4.78, 5) is 32.4. The third kappa shape index (κ3) is 5.17. The molecule has 1 aromatic carbocycles. The van der Waals surface area contributed by atoms with Gasteiger partial charge in [-0.05, 0) is 58.5 Å². The molecule has 0 radical (unpaired) electrons. The smallest absolute Gasteiger partial charge is 0.337 e. The Kier molecular flexibility index (Phi) is 7.64. The van der Waals surface area contributed by atoms with E-state index in [1.807, 2.05) is 14.0 Å². The molecule has 1 aliphatic rings. The molecule has 2 amide bonds. The summed E-state index contributed by atoms with van der Waals surface area (Å²) in [5, 5.41) is 13.0. The third-order valence-electron chi connectivity index (χ3n) is 6.10. The van der Waals surface area contributed by atoms with Crippen LogP contribution in [-0.2, 0) is 0 Å². The molecule has 0 aliphatic carbocycles. The number of benzene rings is 1. The van der Waals surface area contributed by atoms with Gasteiger partial charge in [-0.2, -0.15) is 0 Å². The second-order valence-corrected chi connectivity index (χ2v) is 9.06. The van der Waals surface area contributed by atoms with E-state index < -0.39 is 5.97 Å². The number of rotatable bonds is 5. The van der Waals surface area contributed by atoms with E-state index in [9.17, 15) is 14.7 Å². The average Bonchev–Trinajstić information content (AvgIpc) is 2.75. The lowest BCUT2D eigenvalue weighted by molar-refractivity contribution is 0.0695. The molecular formula is C23H28Cl2N4O3. The van der Waals surface area contributed by atoms with Crippen molar-refractivity contribution in [3.63, 3.8) is 0 Å². The van der Waals surface area contributed by atoms with Crippen molar-refractivity contribution in [2.75, 3.05) is 27.2 Å². The minimum atomic E-state index is -1.05. The molecule has 3 rings (SSSR count). The van der Waals surface area contributed by atoms with Gasteiger partial charge < -0.3 is 20.2 Å². The van der Waals surface area contributed by atoms with Gasteiger partial charge in [-0.15, -0.1) is 0 Å². The molecule has 0 saturated carbocycles. The first kappa shape index (κ1) is 24.3. The summed E-state index contributed by atoms with van der Waals surface area (Å²) < 4.78 is 0. The molecule has 2 aromatic rings. The molecule has 1 unspecified atom stereocenters. The van der Waals surface area contributed by atoms with Crippen LogP contribution in [0.1, 0.15) is 47.4 Å². The second kappa shape index (κ2) is 10.1. The number of aromatic nitrogens is 1. The summed E-state index contributed by atoms with van der Waals surface area (Å²) >= 11 is 13.1. The van der Waals surface area contributed by atoms with Gasteiger partial charge in [0.05, 0.1) is 27.3 Å². The number of nitrogens with zero attached hydrogens (tertiary/aromatic N) is 3. The fourth-order valence-corrected chi connectivity index (χ4v) is 4.54. The van der Waals surface area contributed by atoms with Crippen molar-refractivity contribution in [3.05, 3.63) is 51.3 Å². The van der Waals surface area contributed by atoms with Crippen LogP contribution in [-0.4, -0.2) is 65.1 Å². The largest absolute Gasteiger partial charge is 0.478 e. The summed E-state index contributed by atoms with van der Waals surface area (Å²) in [6.45, 7) is 5.43. The van der Waals surface area contributed by atoms with Crippen LogP contribution >= 0.6 is 23.2 Å². The standard InChI is InChI=1S/C23H28Cl2N4O3/c1-13-19(22(30)31)11-15(12-26-13)18-6-5-17(20(24)21(18)25)14(2)27-23(32)29(4)16-7-9-28(3)10-8-16/h5-6,11-12,14,16H,7-10H2,1-4H3,(H,27,32)(H,30,31). The van der Waals surface area contributed by atoms with Crippen molar-refractivity contribution in [2.45, 2.75) is 38.8 Å². The number of carboxylic acid groups (broad SMARTS) is 1. The van der Waals surface area contributed by atoms with E-state index in [0.29, 0.717) is 27.4 Å². The van der Waals surface area contributed by atoms with Gasteiger partial charge >= 0.3 is 12.0 Å². The predicted octanol–water partition coefficient (Wildman–Crippen LogP) is 4.86. The average molecular weight is 479 g/mol. The van der Waals surface area contributed by atoms with Crippen LogP contribution in [0, 0.1) is 6.92 Å². The monoisotopic (exact) mass is 478 g/mol. The first-order valence-corrected chi connectivity index (χ1v) is 11.3. The van der Waals surface area contributed by atoms with Crippen molar-refractivity contribution in [2.24, 2.45) is 0 Å². The lowest BCUT2D eigenvalue weighted by atomic mass is 10.00. The van der Waals surface area contributed by atoms with E-state index in [2.05, 4.69) is 22.2 Å². The molecule has 1 aromatic heterocycles. The lowest BCUT2D eigenvalue weighted by Gasteiger charge is -2.35. The maximum absolute atomic E-state index is 12.8. The number of aromatic carboxylic acids is 1. The van der Waals surface area contributed by atoms with E-state index in [1.54, 1.807) is 30.2 Å². The molecule has 1 aliphatic heterocycles. The molecule has 1 fully saturated rings. The van der Waals surface area contributed by atoms with Crippen molar-refractivity contribution in [3.8, 4) is 11.1 Å². The van der Waals surface area contributed by atoms with Crippen LogP contribution in [0.4, 0.5) is 4.79 Å². The van der Waals surface area contributed by atoms with Gasteiger partial charge in [-0.1, -0.05) is 35.3 Å². The number of likely N-dealkylation sites (tertiary alicyclic amines) is 1. The van der Waals surface area contributed by atoms with Gasteiger partial charge in [-0.3, -0.25) is 4.98 Å². The minimum absolute atomic E-state index is 0.108. The zero-order valence-corrected chi connectivity index (χ0v) is 20.2. The summed E-state index contributed by atoms with van der Waals surface area (Å²) in [6.07, 6.45) is 3.46. The van der Waals surface area contributed by atoms with Crippen molar-refractivity contribution < 1.29 is 14.7 Å². The molecule has 9 heteroatoms. The zero-order chi connectivity index (χ0) is 23.6. The van der Waals surface area contributed by atoms with E-state index in [0.717, 1.165) is 25.9 Å². The normalized spacial score (nSPS) is 15.9. The van der Waals surface area contributed by atoms with Gasteiger partial charge in [-0.25, -0.2) is 9.59 Å². The molecule has 2 heterocycles. The van der Waals surface area contributed by atoms with Crippen molar-refractivity contribution in [1.29, 1.82) is 0 Å². The Balaban J connectivity index is 1.78. The maximum atomic E-state index is 12.8. The number of nitrogens with one attached hydrogen (secondary N) is 1. The molecule has 32 heavy (non-hydrogen) atoms. The molecule has 0 bridgehead atoms. The van der Waals surface area contributed by atoms with Gasteiger partial charge in [0, 0.05) is 30.4 Å². The quantitative estimate of drug-likeness (QED) is 0.640. The van der Waals surface area contributed by atoms with Gasteiger partial charge in [0.2, 0.25) is 0 Å². The van der Waals surface area contributed by atoms with Gasteiger partial charge in [0.15, 0.2) is 0 Å². The highest BCUT2D eigenvalue weighted by Crippen LogP contribution is 2.38. The number of halogens is 2. The molecule has 7 nitrogen and oxygen atoms in total. The number of carbonyl (C=O) groups is 2. The molecular weight excluding hydrogens is 451 g/mol. The molecule has 0 spiro atoms. The van der Waals surface area contributed by atoms with Crippen LogP contribution in [0.15, 0.2) is 24.4 Å². The Morgan fingerprint density at radius 2 is 1.91 bits per heavy atom. The van der Waals surface area contributed by atoms with Gasteiger partial charge in [0.1, 0.15) is 0 Å². The van der Waals surface area contributed by atoms with Crippen LogP contribution in [0.2, 0.25) is 10.0 Å². The summed E-state index contributed by atoms with van der Waals surface area (Å²) in [6, 6.07) is 4.79. The number of aryl methyl sites for hydroxylation is 1. The van der Waals surface area contributed by atoms with E-state index in [-0.39, 0.29) is 28.7 Å². The molecule has 1 atom stereocenters. The molecule has 2 N–H and O–H groups in total. The fourth-order valence-electron chi connectivity index (χ4n) is 3.93. The molecule has 172 valence electrons. The van der Waals surface area contributed by atoms with Crippen LogP contribution in [0.5, 0.6) is 0 Å². The number of hydrogen-bond donors (Lipinski definition) is 2. The minimum Gasteiger partial charge on any atom is -0.478 e. The second-order valence-electron chi connectivity index (χ2n) is 8.31. The Morgan fingerprint density at radius 1 is 1.25 bits per heavy atom. The Morgan fingerprint density at radius 3 is 2.53 bits per heavy atom. The van der Waals surface area contributed by atoms with Crippen LogP contribution < -0.4 is 5.32 Å². The van der Waals surface area contributed by atoms with Crippen LogP contribution in [0.3, 0.4) is 0 Å². The lowest BCUT2D eigenvalue weighted by Crippen LogP contribution is -2.48. The highest BCUT2D eigenvalue weighted by Gasteiger charge is 2.26. The topological polar surface area (TPSA) is 85.8 Å². The van der Waals surface area contributed by atoms with Gasteiger partial charge in [0.25, 0.3) is 0 Å². The number of carboxylic acids is 1. The number of piperidine rings is 1. The number of pyridine rings is 1. The summed E-state index contributed by atoms with van der Waals surface area (Å²) in [7, 11) is 3.91. The predicted molar refractivity (Wildman–Crippen MR) is 127 cm³/mol. The van der Waals surface area contributed by atoms with Crippen molar-refractivity contribution in [1.82, 2.24) is 20.1 Å². The number of carbonyl (C=O) groups excluding carboxylic acids is 1. The maximum Gasteiger partial charge on any atom is 0.337 e. The van der Waals surface area contributed by atoms with Crippen molar-refractivity contribution >= 4 is 35.2 Å². The third-order valence-corrected chi connectivity index (χ3v) is 7.00. The fraction of sp³-hybridized carbons (Fsp3) is 0.435. The first-order valence-electron chi connectivity index (χ1n) is 10.5. The number of urea groups is 1. The zero-order valence-electron chi connectivity index (χ0n) is 18.7. The highest BCUT2D eigenvalue weighted by molar-refractivity contribution is 6.44. The first-order chi connectivity index (χ1) is 15.1. The van der Waals surface area contributed by atoms with E-state index in [1.165, 1.54) is 6.07 Å². The highest BCUT2D eigenvalue weighted by atomic mass is 35.5. The number of hydrogen-bond acceptors (Lipinski definition) is 4. The summed E-state index contributed by atoms with van der Waals surface area (Å²) in [5.74, 6) is -1.05. The SMILES string of the molecule is Cc1ncc(-c2ccc(C(C)NC(=O)N(C)C3CCN(C)CC3)c(Cl)c2Cl)cc1C(=O)O. The Labute approximate surface area is 198 Å². The summed E-state index contributed by atoms with van der Waals surface area (Å²) in [5.41, 5.74) is 2.35. The Bertz CT molecular complexity index is 1020. The van der Waals surface area contributed by atoms with E-state index >= 15 is 0 Å².